The maximum absolute atomic E-state index is 13.4. The van der Waals surface area contributed by atoms with Crippen molar-refractivity contribution in [2.45, 2.75) is 4.90 Å². The van der Waals surface area contributed by atoms with Gasteiger partial charge >= 0.3 is 5.69 Å². The first kappa shape index (κ1) is 16.1. The van der Waals surface area contributed by atoms with Crippen molar-refractivity contribution >= 4 is 23.1 Å². The Morgan fingerprint density at radius 3 is 2.77 bits per heavy atom. The van der Waals surface area contributed by atoms with Crippen molar-refractivity contribution in [1.29, 1.82) is 0 Å². The molecule has 0 atom stereocenters. The van der Waals surface area contributed by atoms with Gasteiger partial charge in [-0.2, -0.15) is 0 Å². The fourth-order valence-electron chi connectivity index (χ4n) is 1.86. The molecule has 7 heteroatoms. The van der Waals surface area contributed by atoms with E-state index in [0.29, 0.717) is 17.2 Å². The quantitative estimate of drug-likeness (QED) is 0.362. The van der Waals surface area contributed by atoms with E-state index in [1.165, 1.54) is 31.0 Å². The normalized spacial score (nSPS) is 10.3. The van der Waals surface area contributed by atoms with E-state index < -0.39 is 4.92 Å². The second-order valence-electron chi connectivity index (χ2n) is 4.35. The highest BCUT2D eigenvalue weighted by atomic mass is 32.2. The number of nitro benzene ring substituents is 1. The standard InChI is InChI=1S/C15H15FN2O3S/c1-21-14-10-11(6-7-13(14)18(19)20)17-8-9-22-15-5-3-2-4-12(15)16/h2-7,10,17H,8-9H2,1H3. The summed E-state index contributed by atoms with van der Waals surface area (Å²) in [5.74, 6) is 0.640. The zero-order chi connectivity index (χ0) is 15.9. The molecular formula is C15H15FN2O3S. The second kappa shape index (κ2) is 7.65. The molecule has 0 saturated heterocycles. The fraction of sp³-hybridized carbons (Fsp3) is 0.200. The molecule has 2 rings (SSSR count). The zero-order valence-corrected chi connectivity index (χ0v) is 12.7. The van der Waals surface area contributed by atoms with Gasteiger partial charge in [0.15, 0.2) is 5.75 Å². The zero-order valence-electron chi connectivity index (χ0n) is 11.9. The van der Waals surface area contributed by atoms with Crippen LogP contribution in [0.3, 0.4) is 0 Å². The van der Waals surface area contributed by atoms with Crippen molar-refractivity contribution < 1.29 is 14.1 Å². The van der Waals surface area contributed by atoms with Gasteiger partial charge < -0.3 is 10.1 Å². The third-order valence-electron chi connectivity index (χ3n) is 2.90. The van der Waals surface area contributed by atoms with Crippen molar-refractivity contribution in [3.05, 3.63) is 58.4 Å². The third-order valence-corrected chi connectivity index (χ3v) is 3.95. The number of anilines is 1. The lowest BCUT2D eigenvalue weighted by atomic mass is 10.2. The summed E-state index contributed by atoms with van der Waals surface area (Å²) >= 11 is 1.41. The predicted octanol–water partition coefficient (Wildman–Crippen LogP) is 3.95. The molecule has 0 spiro atoms. The number of hydrogen-bond acceptors (Lipinski definition) is 5. The first-order valence-electron chi connectivity index (χ1n) is 6.55. The Labute approximate surface area is 131 Å². The predicted molar refractivity (Wildman–Crippen MR) is 85.3 cm³/mol. The average Bonchev–Trinajstić information content (AvgIpc) is 2.52. The van der Waals surface area contributed by atoms with Gasteiger partial charge in [-0.05, 0) is 18.2 Å². The third kappa shape index (κ3) is 4.11. The SMILES string of the molecule is COc1cc(NCCSc2ccccc2F)ccc1[N+](=O)[O-]. The molecule has 2 aromatic rings. The maximum Gasteiger partial charge on any atom is 0.311 e. The van der Waals surface area contributed by atoms with Crippen LogP contribution in [0.2, 0.25) is 0 Å². The molecule has 0 aromatic heterocycles. The molecule has 5 nitrogen and oxygen atoms in total. The van der Waals surface area contributed by atoms with Crippen molar-refractivity contribution in [1.82, 2.24) is 0 Å². The number of halogens is 1. The van der Waals surface area contributed by atoms with Gasteiger partial charge in [0, 0.05) is 35.0 Å². The molecule has 116 valence electrons. The summed E-state index contributed by atoms with van der Waals surface area (Å²) in [5.41, 5.74) is 0.644. The number of ether oxygens (including phenoxy) is 1. The van der Waals surface area contributed by atoms with Crippen LogP contribution in [0.25, 0.3) is 0 Å². The number of nitrogens with zero attached hydrogens (tertiary/aromatic N) is 1. The van der Waals surface area contributed by atoms with E-state index in [1.807, 2.05) is 0 Å². The van der Waals surface area contributed by atoms with Crippen LogP contribution < -0.4 is 10.1 Å². The first-order valence-corrected chi connectivity index (χ1v) is 7.54. The van der Waals surface area contributed by atoms with Crippen molar-refractivity contribution in [3.63, 3.8) is 0 Å². The van der Waals surface area contributed by atoms with Crippen molar-refractivity contribution in [3.8, 4) is 5.75 Å². The number of thioether (sulfide) groups is 1. The number of methoxy groups -OCH3 is 1. The van der Waals surface area contributed by atoms with Crippen LogP contribution in [-0.4, -0.2) is 24.3 Å². The van der Waals surface area contributed by atoms with Crippen LogP contribution in [0.15, 0.2) is 47.4 Å². The monoisotopic (exact) mass is 322 g/mol. The van der Waals surface area contributed by atoms with Gasteiger partial charge in [-0.25, -0.2) is 4.39 Å². The van der Waals surface area contributed by atoms with E-state index >= 15 is 0 Å². The molecule has 0 radical (unpaired) electrons. The van der Waals surface area contributed by atoms with Gasteiger partial charge in [-0.1, -0.05) is 12.1 Å². The summed E-state index contributed by atoms with van der Waals surface area (Å²) in [4.78, 5) is 10.9. The largest absolute Gasteiger partial charge is 0.490 e. The molecule has 2 aromatic carbocycles. The highest BCUT2D eigenvalue weighted by Gasteiger charge is 2.14. The van der Waals surface area contributed by atoms with Crippen molar-refractivity contribution in [2.75, 3.05) is 24.7 Å². The number of nitrogens with one attached hydrogen (secondary N) is 1. The molecule has 0 amide bonds. The molecule has 0 unspecified atom stereocenters. The van der Waals surface area contributed by atoms with Gasteiger partial charge in [0.2, 0.25) is 0 Å². The van der Waals surface area contributed by atoms with E-state index in [0.717, 1.165) is 5.69 Å². The molecular weight excluding hydrogens is 307 g/mol. The van der Waals surface area contributed by atoms with Crippen LogP contribution in [0, 0.1) is 15.9 Å². The summed E-state index contributed by atoms with van der Waals surface area (Å²) < 4.78 is 18.4. The van der Waals surface area contributed by atoms with Crippen molar-refractivity contribution in [2.24, 2.45) is 0 Å². The van der Waals surface area contributed by atoms with Gasteiger partial charge in [0.25, 0.3) is 0 Å². The molecule has 0 aliphatic heterocycles. The fourth-order valence-corrected chi connectivity index (χ4v) is 2.66. The first-order chi connectivity index (χ1) is 10.6. The Kier molecular flexibility index (Phi) is 5.60. The number of rotatable bonds is 7. The minimum Gasteiger partial charge on any atom is -0.490 e. The minimum atomic E-state index is -0.489. The lowest BCUT2D eigenvalue weighted by molar-refractivity contribution is -0.385. The van der Waals surface area contributed by atoms with E-state index in [1.54, 1.807) is 30.3 Å². The summed E-state index contributed by atoms with van der Waals surface area (Å²) in [6.45, 7) is 0.597. The molecule has 0 aliphatic carbocycles. The summed E-state index contributed by atoms with van der Waals surface area (Å²) in [6.07, 6.45) is 0. The van der Waals surface area contributed by atoms with E-state index in [2.05, 4.69) is 5.32 Å². The Morgan fingerprint density at radius 1 is 1.32 bits per heavy atom. The minimum absolute atomic E-state index is 0.0752. The van der Waals surface area contributed by atoms with Crippen LogP contribution in [0.4, 0.5) is 15.8 Å². The van der Waals surface area contributed by atoms with E-state index in [4.69, 9.17) is 4.74 Å². The molecule has 0 bridgehead atoms. The summed E-state index contributed by atoms with van der Waals surface area (Å²) in [6, 6.07) is 11.2. The maximum atomic E-state index is 13.4. The average molecular weight is 322 g/mol. The Bertz CT molecular complexity index is 667. The Morgan fingerprint density at radius 2 is 2.09 bits per heavy atom. The van der Waals surface area contributed by atoms with Crippen LogP contribution in [0.5, 0.6) is 5.75 Å². The molecule has 1 N–H and O–H groups in total. The Hall–Kier alpha value is -2.28. The molecule has 0 aliphatic rings. The van der Waals surface area contributed by atoms with Gasteiger partial charge in [-0.3, -0.25) is 10.1 Å². The lowest BCUT2D eigenvalue weighted by Crippen LogP contribution is -2.05. The lowest BCUT2D eigenvalue weighted by Gasteiger charge is -2.08. The second-order valence-corrected chi connectivity index (χ2v) is 5.49. The van der Waals surface area contributed by atoms with Gasteiger partial charge in [-0.15, -0.1) is 11.8 Å². The van der Waals surface area contributed by atoms with Crippen LogP contribution >= 0.6 is 11.8 Å². The summed E-state index contributed by atoms with van der Waals surface area (Å²) in [7, 11) is 1.39. The Balaban J connectivity index is 1.89. The summed E-state index contributed by atoms with van der Waals surface area (Å²) in [5, 5.41) is 13.9. The van der Waals surface area contributed by atoms with E-state index in [-0.39, 0.29) is 17.3 Å². The highest BCUT2D eigenvalue weighted by molar-refractivity contribution is 7.99. The number of nitro groups is 1. The smallest absolute Gasteiger partial charge is 0.311 e. The van der Waals surface area contributed by atoms with E-state index in [9.17, 15) is 14.5 Å². The number of hydrogen-bond donors (Lipinski definition) is 1. The molecule has 22 heavy (non-hydrogen) atoms. The molecule has 0 fully saturated rings. The van der Waals surface area contributed by atoms with Crippen LogP contribution in [0.1, 0.15) is 0 Å². The van der Waals surface area contributed by atoms with Crippen LogP contribution in [-0.2, 0) is 0 Å². The molecule has 0 saturated carbocycles. The van der Waals surface area contributed by atoms with Gasteiger partial charge in [0.1, 0.15) is 5.82 Å². The highest BCUT2D eigenvalue weighted by Crippen LogP contribution is 2.29. The number of benzene rings is 2. The molecule has 0 heterocycles. The van der Waals surface area contributed by atoms with Gasteiger partial charge in [0.05, 0.1) is 12.0 Å². The topological polar surface area (TPSA) is 64.4 Å².